The molecule has 1 amide bonds. The molecule has 100 valence electrons. The zero-order valence-electron chi connectivity index (χ0n) is 11.2. The summed E-state index contributed by atoms with van der Waals surface area (Å²) in [5.74, 6) is -0.321. The van der Waals surface area contributed by atoms with E-state index < -0.39 is 0 Å². The third kappa shape index (κ3) is 2.47. The Morgan fingerprint density at radius 1 is 1.47 bits per heavy atom. The van der Waals surface area contributed by atoms with E-state index in [1.165, 1.54) is 0 Å². The van der Waals surface area contributed by atoms with Crippen molar-refractivity contribution in [1.29, 1.82) is 0 Å². The van der Waals surface area contributed by atoms with E-state index in [2.05, 4.69) is 13.2 Å². The van der Waals surface area contributed by atoms with Crippen molar-refractivity contribution in [2.45, 2.75) is 13.0 Å². The number of rotatable bonds is 4. The van der Waals surface area contributed by atoms with Crippen LogP contribution in [-0.4, -0.2) is 29.1 Å². The second-order valence-corrected chi connectivity index (χ2v) is 5.01. The van der Waals surface area contributed by atoms with E-state index in [1.54, 1.807) is 4.90 Å². The van der Waals surface area contributed by atoms with Crippen LogP contribution >= 0.6 is 0 Å². The molecule has 1 heterocycles. The number of aliphatic hydroxyl groups is 1. The largest absolute Gasteiger partial charge is 0.394 e. The molecule has 1 saturated heterocycles. The molecule has 1 fully saturated rings. The lowest BCUT2D eigenvalue weighted by molar-refractivity contribution is -0.132. The van der Waals surface area contributed by atoms with Crippen molar-refractivity contribution in [3.63, 3.8) is 0 Å². The summed E-state index contributed by atoms with van der Waals surface area (Å²) in [7, 11) is 0. The van der Waals surface area contributed by atoms with Gasteiger partial charge in [-0.05, 0) is 18.1 Å². The van der Waals surface area contributed by atoms with Gasteiger partial charge in [0.2, 0.25) is 5.91 Å². The highest BCUT2D eigenvalue weighted by atomic mass is 16.3. The SMILES string of the molecule is C=C(C)C1C(=C)CN([C@H](CO)c2ccccc2)C1=O. The molecule has 1 aromatic rings. The summed E-state index contributed by atoms with van der Waals surface area (Å²) in [6, 6.07) is 9.26. The third-order valence-electron chi connectivity index (χ3n) is 3.54. The summed E-state index contributed by atoms with van der Waals surface area (Å²) in [6.45, 7) is 10.1. The number of hydrogen-bond acceptors (Lipinski definition) is 2. The lowest BCUT2D eigenvalue weighted by Crippen LogP contribution is -2.34. The molecule has 2 atom stereocenters. The van der Waals surface area contributed by atoms with Crippen molar-refractivity contribution in [2.75, 3.05) is 13.2 Å². The zero-order chi connectivity index (χ0) is 14.0. The second-order valence-electron chi connectivity index (χ2n) is 5.01. The van der Waals surface area contributed by atoms with Crippen LogP contribution in [0, 0.1) is 5.92 Å². The first-order valence-corrected chi connectivity index (χ1v) is 6.35. The fourth-order valence-electron chi connectivity index (χ4n) is 2.61. The average molecular weight is 257 g/mol. The van der Waals surface area contributed by atoms with Crippen LogP contribution in [0.1, 0.15) is 18.5 Å². The molecule has 19 heavy (non-hydrogen) atoms. The van der Waals surface area contributed by atoms with Gasteiger partial charge in [-0.15, -0.1) is 0 Å². The first-order chi connectivity index (χ1) is 9.06. The molecule has 3 nitrogen and oxygen atoms in total. The molecular formula is C16H19NO2. The summed E-state index contributed by atoms with van der Waals surface area (Å²) in [6.07, 6.45) is 0. The van der Waals surface area contributed by atoms with Gasteiger partial charge in [-0.2, -0.15) is 0 Å². The van der Waals surface area contributed by atoms with Crippen LogP contribution in [0.4, 0.5) is 0 Å². The topological polar surface area (TPSA) is 40.5 Å². The van der Waals surface area contributed by atoms with Crippen LogP contribution in [0.2, 0.25) is 0 Å². The van der Waals surface area contributed by atoms with Gasteiger partial charge in [-0.1, -0.05) is 49.1 Å². The first kappa shape index (κ1) is 13.6. The minimum Gasteiger partial charge on any atom is -0.394 e. The first-order valence-electron chi connectivity index (χ1n) is 6.35. The van der Waals surface area contributed by atoms with E-state index in [0.717, 1.165) is 16.7 Å². The van der Waals surface area contributed by atoms with E-state index in [4.69, 9.17) is 0 Å². The van der Waals surface area contributed by atoms with E-state index in [1.807, 2.05) is 37.3 Å². The van der Waals surface area contributed by atoms with Crippen molar-refractivity contribution in [2.24, 2.45) is 5.92 Å². The van der Waals surface area contributed by atoms with Gasteiger partial charge in [-0.25, -0.2) is 0 Å². The van der Waals surface area contributed by atoms with Crippen LogP contribution in [0.15, 0.2) is 54.6 Å². The Kier molecular flexibility index (Phi) is 3.86. The Bertz CT molecular complexity index is 507. The molecule has 0 radical (unpaired) electrons. The zero-order valence-corrected chi connectivity index (χ0v) is 11.2. The smallest absolute Gasteiger partial charge is 0.234 e. The van der Waals surface area contributed by atoms with Gasteiger partial charge in [-0.3, -0.25) is 4.79 Å². The number of carbonyl (C=O) groups is 1. The molecule has 1 aromatic carbocycles. The summed E-state index contributed by atoms with van der Waals surface area (Å²) >= 11 is 0. The number of nitrogens with zero attached hydrogens (tertiary/aromatic N) is 1. The maximum Gasteiger partial charge on any atom is 0.234 e. The standard InChI is InChI=1S/C16H19NO2/c1-11(2)15-12(3)9-17(16(15)19)14(10-18)13-7-5-4-6-8-13/h4-8,14-15,18H,1,3,9-10H2,2H3/t14-,15?/m1/s1. The van der Waals surface area contributed by atoms with Crippen LogP contribution in [-0.2, 0) is 4.79 Å². The molecule has 1 aliphatic rings. The minimum absolute atomic E-state index is 0.0135. The quantitative estimate of drug-likeness (QED) is 0.841. The molecule has 2 rings (SSSR count). The van der Waals surface area contributed by atoms with Crippen LogP contribution in [0.25, 0.3) is 0 Å². The molecule has 0 spiro atoms. The van der Waals surface area contributed by atoms with Crippen molar-refractivity contribution < 1.29 is 9.90 Å². The summed E-state index contributed by atoms with van der Waals surface area (Å²) in [5.41, 5.74) is 2.60. The molecule has 1 unspecified atom stereocenters. The monoisotopic (exact) mass is 257 g/mol. The summed E-state index contributed by atoms with van der Waals surface area (Å²) < 4.78 is 0. The van der Waals surface area contributed by atoms with Gasteiger partial charge < -0.3 is 10.0 Å². The number of aliphatic hydroxyl groups excluding tert-OH is 1. The van der Waals surface area contributed by atoms with Crippen LogP contribution in [0.5, 0.6) is 0 Å². The molecule has 1 aliphatic heterocycles. The van der Waals surface area contributed by atoms with E-state index in [-0.39, 0.29) is 24.5 Å². The average Bonchev–Trinajstić information content (AvgIpc) is 2.67. The Morgan fingerprint density at radius 2 is 2.11 bits per heavy atom. The van der Waals surface area contributed by atoms with E-state index >= 15 is 0 Å². The van der Waals surface area contributed by atoms with E-state index in [0.29, 0.717) is 6.54 Å². The Morgan fingerprint density at radius 3 is 2.58 bits per heavy atom. The molecule has 0 saturated carbocycles. The molecular weight excluding hydrogens is 238 g/mol. The fraction of sp³-hybridized carbons (Fsp3) is 0.312. The number of hydrogen-bond donors (Lipinski definition) is 1. The molecule has 1 N–H and O–H groups in total. The predicted molar refractivity (Wildman–Crippen MR) is 75.4 cm³/mol. The third-order valence-corrected chi connectivity index (χ3v) is 3.54. The molecule has 0 aliphatic carbocycles. The number of carbonyl (C=O) groups excluding carboxylic acids is 1. The summed E-state index contributed by atoms with van der Waals surface area (Å²) in [4.78, 5) is 14.1. The maximum absolute atomic E-state index is 12.4. The Balaban J connectivity index is 2.29. The highest BCUT2D eigenvalue weighted by Crippen LogP contribution is 2.34. The lowest BCUT2D eigenvalue weighted by atomic mass is 9.97. The van der Waals surface area contributed by atoms with Gasteiger partial charge in [0.15, 0.2) is 0 Å². The second kappa shape index (κ2) is 5.41. The highest BCUT2D eigenvalue weighted by Gasteiger charge is 2.38. The van der Waals surface area contributed by atoms with Gasteiger partial charge in [0.05, 0.1) is 18.6 Å². The Hall–Kier alpha value is -1.87. The molecule has 0 bridgehead atoms. The van der Waals surface area contributed by atoms with Crippen molar-refractivity contribution >= 4 is 5.91 Å². The van der Waals surface area contributed by atoms with Crippen molar-refractivity contribution in [1.82, 2.24) is 4.90 Å². The number of likely N-dealkylation sites (tertiary alicyclic amines) is 1. The fourth-order valence-corrected chi connectivity index (χ4v) is 2.61. The number of benzene rings is 1. The maximum atomic E-state index is 12.4. The number of amides is 1. The highest BCUT2D eigenvalue weighted by molar-refractivity contribution is 5.88. The predicted octanol–water partition coefficient (Wildman–Crippen LogP) is 2.31. The van der Waals surface area contributed by atoms with E-state index in [9.17, 15) is 9.90 Å². The molecule has 3 heteroatoms. The Labute approximate surface area is 113 Å². The minimum atomic E-state index is -0.310. The van der Waals surface area contributed by atoms with Gasteiger partial charge >= 0.3 is 0 Å². The normalized spacial score (nSPS) is 20.7. The van der Waals surface area contributed by atoms with Crippen molar-refractivity contribution in [3.05, 3.63) is 60.2 Å². The summed E-state index contributed by atoms with van der Waals surface area (Å²) in [5, 5.41) is 9.62. The van der Waals surface area contributed by atoms with Crippen molar-refractivity contribution in [3.8, 4) is 0 Å². The lowest BCUT2D eigenvalue weighted by Gasteiger charge is -2.26. The van der Waals surface area contributed by atoms with Gasteiger partial charge in [0.1, 0.15) is 0 Å². The van der Waals surface area contributed by atoms with Gasteiger partial charge in [0.25, 0.3) is 0 Å². The van der Waals surface area contributed by atoms with Gasteiger partial charge in [0, 0.05) is 6.54 Å². The van der Waals surface area contributed by atoms with Crippen LogP contribution in [0.3, 0.4) is 0 Å². The van der Waals surface area contributed by atoms with Crippen LogP contribution < -0.4 is 0 Å². The molecule has 0 aromatic heterocycles.